The SMILES string of the molecule is CN1[C@H]2CCC[C@@H]1[C@@H](c1ccc(F)cc1)C2. The summed E-state index contributed by atoms with van der Waals surface area (Å²) in [4.78, 5) is 2.54. The van der Waals surface area contributed by atoms with Crippen LogP contribution in [-0.2, 0) is 0 Å². The zero-order chi connectivity index (χ0) is 11.1. The number of rotatable bonds is 1. The number of benzene rings is 1. The molecule has 2 bridgehead atoms. The van der Waals surface area contributed by atoms with Crippen LogP contribution in [-0.4, -0.2) is 24.0 Å². The second kappa shape index (κ2) is 3.85. The van der Waals surface area contributed by atoms with Gasteiger partial charge in [-0.1, -0.05) is 18.6 Å². The van der Waals surface area contributed by atoms with E-state index in [-0.39, 0.29) is 5.82 Å². The minimum absolute atomic E-state index is 0.127. The van der Waals surface area contributed by atoms with Gasteiger partial charge in [-0.15, -0.1) is 0 Å². The Bertz CT molecular complexity index is 373. The summed E-state index contributed by atoms with van der Waals surface area (Å²) in [5.74, 6) is 0.496. The molecule has 0 unspecified atom stereocenters. The number of hydrogen-bond acceptors (Lipinski definition) is 1. The van der Waals surface area contributed by atoms with Crippen molar-refractivity contribution in [2.45, 2.75) is 43.7 Å². The third-order valence-electron chi connectivity index (χ3n) is 4.42. The van der Waals surface area contributed by atoms with Gasteiger partial charge in [0.05, 0.1) is 0 Å². The molecule has 2 fully saturated rings. The van der Waals surface area contributed by atoms with Gasteiger partial charge in [-0.3, -0.25) is 4.90 Å². The Morgan fingerprint density at radius 2 is 1.94 bits per heavy atom. The smallest absolute Gasteiger partial charge is 0.123 e. The van der Waals surface area contributed by atoms with Crippen molar-refractivity contribution in [3.05, 3.63) is 35.6 Å². The largest absolute Gasteiger partial charge is 0.300 e. The molecule has 1 aromatic rings. The zero-order valence-corrected chi connectivity index (χ0v) is 9.70. The first-order valence-electron chi connectivity index (χ1n) is 6.23. The van der Waals surface area contributed by atoms with Crippen LogP contribution in [0.5, 0.6) is 0 Å². The van der Waals surface area contributed by atoms with E-state index in [2.05, 4.69) is 11.9 Å². The molecule has 2 aliphatic heterocycles. The first-order valence-corrected chi connectivity index (χ1v) is 6.23. The minimum atomic E-state index is -0.127. The number of piperidine rings is 1. The summed E-state index contributed by atoms with van der Waals surface area (Å²) in [6.45, 7) is 0. The van der Waals surface area contributed by atoms with Crippen LogP contribution >= 0.6 is 0 Å². The molecule has 2 heterocycles. The van der Waals surface area contributed by atoms with Gasteiger partial charge < -0.3 is 0 Å². The number of fused-ring (bicyclic) bond motifs is 2. The van der Waals surface area contributed by atoms with Crippen LogP contribution in [0.2, 0.25) is 0 Å². The van der Waals surface area contributed by atoms with E-state index in [1.165, 1.54) is 31.2 Å². The summed E-state index contributed by atoms with van der Waals surface area (Å²) in [5.41, 5.74) is 1.32. The van der Waals surface area contributed by atoms with Gasteiger partial charge >= 0.3 is 0 Å². The fourth-order valence-corrected chi connectivity index (χ4v) is 3.53. The Labute approximate surface area is 96.3 Å². The number of likely N-dealkylation sites (N-methyl/N-ethyl adjacent to an activating group) is 1. The first-order chi connectivity index (χ1) is 7.75. The van der Waals surface area contributed by atoms with Crippen molar-refractivity contribution in [2.24, 2.45) is 0 Å². The molecule has 16 heavy (non-hydrogen) atoms. The molecule has 0 saturated carbocycles. The molecule has 0 spiro atoms. The van der Waals surface area contributed by atoms with Crippen LogP contribution < -0.4 is 0 Å². The van der Waals surface area contributed by atoms with Gasteiger partial charge in [0, 0.05) is 18.0 Å². The Kier molecular flexibility index (Phi) is 2.47. The van der Waals surface area contributed by atoms with Crippen molar-refractivity contribution in [3.63, 3.8) is 0 Å². The molecule has 3 rings (SSSR count). The second-order valence-corrected chi connectivity index (χ2v) is 5.21. The maximum absolute atomic E-state index is 12.9. The minimum Gasteiger partial charge on any atom is -0.300 e. The molecule has 86 valence electrons. The number of nitrogens with zero attached hydrogens (tertiary/aromatic N) is 1. The lowest BCUT2D eigenvalue weighted by Gasteiger charge is -2.32. The summed E-state index contributed by atoms with van der Waals surface area (Å²) in [7, 11) is 2.25. The average Bonchev–Trinajstić information content (AvgIpc) is 2.51. The number of halogens is 1. The monoisotopic (exact) mass is 219 g/mol. The van der Waals surface area contributed by atoms with Crippen LogP contribution in [0.1, 0.15) is 37.2 Å². The van der Waals surface area contributed by atoms with Crippen LogP contribution in [0.4, 0.5) is 4.39 Å². The highest BCUT2D eigenvalue weighted by atomic mass is 19.1. The summed E-state index contributed by atoms with van der Waals surface area (Å²) in [6.07, 6.45) is 5.25. The lowest BCUT2D eigenvalue weighted by atomic mass is 9.90. The fraction of sp³-hybridized carbons (Fsp3) is 0.571. The molecule has 2 aliphatic rings. The van der Waals surface area contributed by atoms with E-state index in [1.807, 2.05) is 12.1 Å². The van der Waals surface area contributed by atoms with Crippen molar-refractivity contribution in [1.82, 2.24) is 4.90 Å². The predicted octanol–water partition coefficient (Wildman–Crippen LogP) is 3.17. The maximum Gasteiger partial charge on any atom is 0.123 e. The molecule has 1 aromatic carbocycles. The Balaban J connectivity index is 1.88. The van der Waals surface area contributed by atoms with E-state index < -0.39 is 0 Å². The van der Waals surface area contributed by atoms with Crippen LogP contribution in [0, 0.1) is 5.82 Å². The molecule has 0 radical (unpaired) electrons. The third kappa shape index (κ3) is 1.56. The Morgan fingerprint density at radius 3 is 2.62 bits per heavy atom. The lowest BCUT2D eigenvalue weighted by Crippen LogP contribution is -2.37. The summed E-state index contributed by atoms with van der Waals surface area (Å²) >= 11 is 0. The lowest BCUT2D eigenvalue weighted by molar-refractivity contribution is 0.174. The Hall–Kier alpha value is -0.890. The fourth-order valence-electron chi connectivity index (χ4n) is 3.53. The Morgan fingerprint density at radius 1 is 1.19 bits per heavy atom. The average molecular weight is 219 g/mol. The first kappa shape index (κ1) is 10.3. The summed E-state index contributed by atoms with van der Waals surface area (Å²) in [5, 5.41) is 0. The molecule has 0 aromatic heterocycles. The summed E-state index contributed by atoms with van der Waals surface area (Å²) < 4.78 is 12.9. The van der Waals surface area contributed by atoms with Crippen molar-refractivity contribution < 1.29 is 4.39 Å². The van der Waals surface area contributed by atoms with Crippen molar-refractivity contribution in [1.29, 1.82) is 0 Å². The molecular formula is C14H18FN. The second-order valence-electron chi connectivity index (χ2n) is 5.21. The van der Waals surface area contributed by atoms with E-state index in [0.29, 0.717) is 12.0 Å². The molecular weight excluding hydrogens is 201 g/mol. The normalized spacial score (nSPS) is 34.2. The topological polar surface area (TPSA) is 3.24 Å². The van der Waals surface area contributed by atoms with Crippen LogP contribution in [0.25, 0.3) is 0 Å². The standard InChI is InChI=1S/C14H18FN/c1-16-12-3-2-4-14(16)13(9-12)10-5-7-11(15)8-6-10/h5-8,12-14H,2-4,9H2,1H3/t12-,13+,14+/m0/s1. The third-order valence-corrected chi connectivity index (χ3v) is 4.42. The van der Waals surface area contributed by atoms with Gasteiger partial charge in [0.2, 0.25) is 0 Å². The van der Waals surface area contributed by atoms with Gasteiger partial charge in [-0.25, -0.2) is 4.39 Å². The molecule has 0 aliphatic carbocycles. The van der Waals surface area contributed by atoms with Crippen molar-refractivity contribution >= 4 is 0 Å². The van der Waals surface area contributed by atoms with Gasteiger partial charge in [0.1, 0.15) is 5.82 Å². The van der Waals surface area contributed by atoms with E-state index in [4.69, 9.17) is 0 Å². The maximum atomic E-state index is 12.9. The van der Waals surface area contributed by atoms with Crippen molar-refractivity contribution in [3.8, 4) is 0 Å². The van der Waals surface area contributed by atoms with Gasteiger partial charge in [-0.2, -0.15) is 0 Å². The van der Waals surface area contributed by atoms with Crippen LogP contribution in [0.15, 0.2) is 24.3 Å². The highest BCUT2D eigenvalue weighted by Gasteiger charge is 2.41. The van der Waals surface area contributed by atoms with Gasteiger partial charge in [0.25, 0.3) is 0 Å². The molecule has 2 saturated heterocycles. The summed E-state index contributed by atoms with van der Waals surface area (Å²) in [6, 6.07) is 8.57. The van der Waals surface area contributed by atoms with Crippen molar-refractivity contribution in [2.75, 3.05) is 7.05 Å². The number of hydrogen-bond donors (Lipinski definition) is 0. The van der Waals surface area contributed by atoms with E-state index >= 15 is 0 Å². The quantitative estimate of drug-likeness (QED) is 0.701. The molecule has 0 amide bonds. The molecule has 0 N–H and O–H groups in total. The molecule has 3 atom stereocenters. The zero-order valence-electron chi connectivity index (χ0n) is 9.70. The highest BCUT2D eigenvalue weighted by Crippen LogP contribution is 2.43. The van der Waals surface area contributed by atoms with Gasteiger partial charge in [-0.05, 0) is 44.0 Å². The van der Waals surface area contributed by atoms with E-state index in [9.17, 15) is 4.39 Å². The van der Waals surface area contributed by atoms with Gasteiger partial charge in [0.15, 0.2) is 0 Å². The van der Waals surface area contributed by atoms with Crippen LogP contribution in [0.3, 0.4) is 0 Å². The highest BCUT2D eigenvalue weighted by molar-refractivity contribution is 5.25. The van der Waals surface area contributed by atoms with E-state index in [1.54, 1.807) is 12.1 Å². The predicted molar refractivity (Wildman–Crippen MR) is 62.9 cm³/mol. The van der Waals surface area contributed by atoms with E-state index in [0.717, 1.165) is 6.04 Å². The molecule has 1 nitrogen and oxygen atoms in total. The molecule has 2 heteroatoms.